The zero-order valence-electron chi connectivity index (χ0n) is 16.1. The number of aromatic nitrogens is 3. The number of rotatable bonds is 7. The van der Waals surface area contributed by atoms with Crippen LogP contribution in [0.3, 0.4) is 0 Å². The Hall–Kier alpha value is -2.73. The molecule has 2 heterocycles. The molecule has 5 nitrogen and oxygen atoms in total. The van der Waals surface area contributed by atoms with Crippen molar-refractivity contribution in [1.82, 2.24) is 20.3 Å². The van der Waals surface area contributed by atoms with Crippen LogP contribution in [0.4, 0.5) is 0 Å². The number of nitrogens with one attached hydrogen (secondary N) is 2. The average molecular weight is 393 g/mol. The molecule has 0 fully saturated rings. The van der Waals surface area contributed by atoms with Gasteiger partial charge in [0.15, 0.2) is 0 Å². The fourth-order valence-corrected chi connectivity index (χ4v) is 4.35. The van der Waals surface area contributed by atoms with E-state index in [9.17, 15) is 4.79 Å². The molecule has 1 atom stereocenters. The summed E-state index contributed by atoms with van der Waals surface area (Å²) in [6.07, 6.45) is 2.10. The standard InChI is InChI=1S/C22H24N4OS/c1-14(2)21(22-24-15-8-3-4-9-16(15)25-22)26-19(27)12-7-13-20-23-17-10-5-6-11-18(17)28-20/h3-6,8-11,14,21H,7,12-13H2,1-2H3,(H,24,25)(H,26,27). The van der Waals surface area contributed by atoms with E-state index < -0.39 is 0 Å². The number of H-pyrrole nitrogens is 1. The van der Waals surface area contributed by atoms with Gasteiger partial charge in [-0.2, -0.15) is 0 Å². The lowest BCUT2D eigenvalue weighted by molar-refractivity contribution is -0.122. The topological polar surface area (TPSA) is 70.7 Å². The van der Waals surface area contributed by atoms with Gasteiger partial charge in [-0.1, -0.05) is 38.1 Å². The summed E-state index contributed by atoms with van der Waals surface area (Å²) in [5, 5.41) is 4.25. The minimum absolute atomic E-state index is 0.0558. The molecule has 0 radical (unpaired) electrons. The first kappa shape index (κ1) is 18.6. The molecule has 1 amide bonds. The maximum absolute atomic E-state index is 12.5. The average Bonchev–Trinajstić information content (AvgIpc) is 3.29. The van der Waals surface area contributed by atoms with Gasteiger partial charge in [0.1, 0.15) is 5.82 Å². The molecule has 0 spiro atoms. The SMILES string of the molecule is CC(C)C(NC(=O)CCCc1nc2ccccc2s1)c1nc2ccccc2[nH]1. The maximum Gasteiger partial charge on any atom is 0.220 e. The number of carbonyl (C=O) groups is 1. The number of amides is 1. The van der Waals surface area contributed by atoms with Crippen molar-refractivity contribution >= 4 is 38.5 Å². The second-order valence-corrected chi connectivity index (χ2v) is 8.47. The Bertz CT molecular complexity index is 1030. The van der Waals surface area contributed by atoms with E-state index in [0.717, 1.165) is 40.2 Å². The highest BCUT2D eigenvalue weighted by molar-refractivity contribution is 7.18. The van der Waals surface area contributed by atoms with E-state index in [4.69, 9.17) is 0 Å². The van der Waals surface area contributed by atoms with Gasteiger partial charge < -0.3 is 10.3 Å². The number of carbonyl (C=O) groups excluding carboxylic acids is 1. The Morgan fingerprint density at radius 3 is 2.57 bits per heavy atom. The smallest absolute Gasteiger partial charge is 0.220 e. The van der Waals surface area contributed by atoms with Crippen molar-refractivity contribution in [3.63, 3.8) is 0 Å². The molecule has 0 aliphatic heterocycles. The lowest BCUT2D eigenvalue weighted by Gasteiger charge is -2.20. The third kappa shape index (κ3) is 4.07. The Kier molecular flexibility index (Phi) is 5.39. The molecule has 6 heteroatoms. The lowest BCUT2D eigenvalue weighted by atomic mass is 10.0. The molecule has 144 valence electrons. The molecule has 0 aliphatic carbocycles. The van der Waals surface area contributed by atoms with E-state index in [1.54, 1.807) is 11.3 Å². The highest BCUT2D eigenvalue weighted by Gasteiger charge is 2.21. The van der Waals surface area contributed by atoms with Gasteiger partial charge in [-0.05, 0) is 43.0 Å². The van der Waals surface area contributed by atoms with Crippen molar-refractivity contribution < 1.29 is 4.79 Å². The first-order valence-electron chi connectivity index (χ1n) is 9.68. The number of fused-ring (bicyclic) bond motifs is 2. The van der Waals surface area contributed by atoms with Gasteiger partial charge in [-0.3, -0.25) is 4.79 Å². The van der Waals surface area contributed by atoms with Gasteiger partial charge in [0.25, 0.3) is 0 Å². The van der Waals surface area contributed by atoms with Gasteiger partial charge in [-0.25, -0.2) is 9.97 Å². The molecule has 0 aliphatic rings. The van der Waals surface area contributed by atoms with E-state index >= 15 is 0 Å². The van der Waals surface area contributed by atoms with Gasteiger partial charge in [0.05, 0.1) is 32.3 Å². The van der Waals surface area contributed by atoms with E-state index in [0.29, 0.717) is 6.42 Å². The molecule has 4 rings (SSSR count). The molecular weight excluding hydrogens is 368 g/mol. The van der Waals surface area contributed by atoms with Gasteiger partial charge in [0, 0.05) is 6.42 Å². The first-order valence-corrected chi connectivity index (χ1v) is 10.5. The summed E-state index contributed by atoms with van der Waals surface area (Å²) in [4.78, 5) is 25.2. The van der Waals surface area contributed by atoms with Crippen LogP contribution < -0.4 is 5.32 Å². The summed E-state index contributed by atoms with van der Waals surface area (Å²) in [5.74, 6) is 1.12. The molecule has 0 bridgehead atoms. The van der Waals surface area contributed by atoms with Crippen molar-refractivity contribution in [2.24, 2.45) is 5.92 Å². The molecular formula is C22H24N4OS. The quantitative estimate of drug-likeness (QED) is 0.464. The Labute approximate surface area is 168 Å². The molecule has 28 heavy (non-hydrogen) atoms. The zero-order chi connectivity index (χ0) is 19.5. The monoisotopic (exact) mass is 392 g/mol. The van der Waals surface area contributed by atoms with Gasteiger partial charge in [-0.15, -0.1) is 11.3 Å². The second-order valence-electron chi connectivity index (χ2n) is 7.36. The van der Waals surface area contributed by atoms with Crippen molar-refractivity contribution in [1.29, 1.82) is 0 Å². The minimum atomic E-state index is -0.123. The highest BCUT2D eigenvalue weighted by Crippen LogP contribution is 2.24. The van der Waals surface area contributed by atoms with Crippen LogP contribution in [0, 0.1) is 5.92 Å². The minimum Gasteiger partial charge on any atom is -0.346 e. The number of para-hydroxylation sites is 3. The van der Waals surface area contributed by atoms with E-state index in [2.05, 4.69) is 40.2 Å². The number of hydrogen-bond acceptors (Lipinski definition) is 4. The zero-order valence-corrected chi connectivity index (χ0v) is 16.9. The third-order valence-corrected chi connectivity index (χ3v) is 5.91. The normalized spacial score (nSPS) is 12.7. The number of hydrogen-bond donors (Lipinski definition) is 2. The number of imidazole rings is 1. The van der Waals surface area contributed by atoms with Crippen LogP contribution in [0.2, 0.25) is 0 Å². The highest BCUT2D eigenvalue weighted by atomic mass is 32.1. The molecule has 0 saturated carbocycles. The molecule has 4 aromatic rings. The van der Waals surface area contributed by atoms with E-state index in [-0.39, 0.29) is 17.9 Å². The summed E-state index contributed by atoms with van der Waals surface area (Å²) >= 11 is 1.71. The number of nitrogens with zero attached hydrogens (tertiary/aromatic N) is 2. The van der Waals surface area contributed by atoms with Crippen LogP contribution in [-0.2, 0) is 11.2 Å². The summed E-state index contributed by atoms with van der Waals surface area (Å²) < 4.78 is 1.20. The van der Waals surface area contributed by atoms with Crippen LogP contribution >= 0.6 is 11.3 Å². The Balaban J connectivity index is 1.36. The van der Waals surface area contributed by atoms with Crippen LogP contribution in [0.25, 0.3) is 21.3 Å². The van der Waals surface area contributed by atoms with Crippen LogP contribution in [-0.4, -0.2) is 20.9 Å². The molecule has 2 aromatic carbocycles. The number of aryl methyl sites for hydroxylation is 1. The van der Waals surface area contributed by atoms with Crippen molar-refractivity contribution in [3.05, 3.63) is 59.4 Å². The summed E-state index contributed by atoms with van der Waals surface area (Å²) in [7, 11) is 0. The molecule has 1 unspecified atom stereocenters. The van der Waals surface area contributed by atoms with E-state index in [1.165, 1.54) is 4.70 Å². The van der Waals surface area contributed by atoms with Crippen molar-refractivity contribution in [2.45, 2.75) is 39.2 Å². The van der Waals surface area contributed by atoms with Crippen LogP contribution in [0.5, 0.6) is 0 Å². The maximum atomic E-state index is 12.5. The predicted octanol–water partition coefficient (Wildman–Crippen LogP) is 5.01. The van der Waals surface area contributed by atoms with Gasteiger partial charge in [0.2, 0.25) is 5.91 Å². The van der Waals surface area contributed by atoms with Crippen molar-refractivity contribution in [2.75, 3.05) is 0 Å². The first-order chi connectivity index (χ1) is 13.6. The molecule has 0 saturated heterocycles. The Morgan fingerprint density at radius 1 is 1.07 bits per heavy atom. The number of thiazole rings is 1. The van der Waals surface area contributed by atoms with Crippen LogP contribution in [0.1, 0.15) is 43.6 Å². The largest absolute Gasteiger partial charge is 0.346 e. The number of benzene rings is 2. The van der Waals surface area contributed by atoms with E-state index in [1.807, 2.05) is 42.5 Å². The summed E-state index contributed by atoms with van der Waals surface area (Å²) in [6, 6.07) is 16.0. The van der Waals surface area contributed by atoms with Crippen molar-refractivity contribution in [3.8, 4) is 0 Å². The van der Waals surface area contributed by atoms with Gasteiger partial charge >= 0.3 is 0 Å². The van der Waals surface area contributed by atoms with Crippen LogP contribution in [0.15, 0.2) is 48.5 Å². The lowest BCUT2D eigenvalue weighted by Crippen LogP contribution is -2.32. The molecule has 2 N–H and O–H groups in total. The summed E-state index contributed by atoms with van der Waals surface area (Å²) in [6.45, 7) is 4.19. The molecule has 2 aromatic heterocycles. The Morgan fingerprint density at radius 2 is 1.82 bits per heavy atom. The second kappa shape index (κ2) is 8.10. The fraction of sp³-hybridized carbons (Fsp3) is 0.318. The fourth-order valence-electron chi connectivity index (χ4n) is 3.34. The number of aromatic amines is 1. The summed E-state index contributed by atoms with van der Waals surface area (Å²) in [5.41, 5.74) is 2.96. The third-order valence-electron chi connectivity index (χ3n) is 4.82. The predicted molar refractivity (Wildman–Crippen MR) is 114 cm³/mol.